The number of aryl methyl sites for hydroxylation is 2. The summed E-state index contributed by atoms with van der Waals surface area (Å²) < 4.78 is 7.87. The molecular weight excluding hydrogens is 478 g/mol. The second-order valence-electron chi connectivity index (χ2n) is 8.55. The Kier molecular flexibility index (Phi) is 8.28. The van der Waals surface area contributed by atoms with Crippen LogP contribution in [0.1, 0.15) is 53.7 Å². The molecule has 1 N–H and O–H groups in total. The second kappa shape index (κ2) is 11.8. The Balaban J connectivity index is 1.49. The molecule has 0 bridgehead atoms. The minimum absolute atomic E-state index is 0.0667. The van der Waals surface area contributed by atoms with Crippen LogP contribution in [0.3, 0.4) is 0 Å². The van der Waals surface area contributed by atoms with Crippen LogP contribution in [-0.2, 0) is 26.0 Å². The molecule has 0 radical (unpaired) electrons. The number of nitrogens with zero attached hydrogens (tertiary/aromatic N) is 5. The fraction of sp³-hybridized carbons (Fsp3) is 0.296. The van der Waals surface area contributed by atoms with Gasteiger partial charge in [0, 0.05) is 30.1 Å². The number of halogens is 1. The molecule has 4 aromatic rings. The Hall–Kier alpha value is -3.78. The van der Waals surface area contributed by atoms with Crippen LogP contribution in [0.25, 0.3) is 11.4 Å². The number of ether oxygens (including phenoxy) is 1. The first-order valence-electron chi connectivity index (χ1n) is 11.9. The zero-order chi connectivity index (χ0) is 25.5. The summed E-state index contributed by atoms with van der Waals surface area (Å²) in [5.41, 5.74) is 3.69. The van der Waals surface area contributed by atoms with E-state index in [2.05, 4.69) is 26.6 Å². The minimum atomic E-state index is -0.246. The highest BCUT2D eigenvalue weighted by Gasteiger charge is 2.20. The van der Waals surface area contributed by atoms with Crippen LogP contribution in [0.4, 0.5) is 0 Å². The number of rotatable bonds is 11. The molecule has 4 rings (SSSR count). The molecule has 0 atom stereocenters. The number of phenols is 1. The van der Waals surface area contributed by atoms with Gasteiger partial charge in [-0.25, -0.2) is 4.68 Å². The number of aromatic nitrogens is 5. The highest BCUT2D eigenvalue weighted by atomic mass is 35.5. The minimum Gasteiger partial charge on any atom is -0.507 e. The van der Waals surface area contributed by atoms with E-state index >= 15 is 0 Å². The van der Waals surface area contributed by atoms with E-state index in [4.69, 9.17) is 16.3 Å². The summed E-state index contributed by atoms with van der Waals surface area (Å²) in [6.07, 6.45) is 6.70. The maximum atomic E-state index is 11.9. The van der Waals surface area contributed by atoms with E-state index in [1.807, 2.05) is 43.5 Å². The van der Waals surface area contributed by atoms with Gasteiger partial charge >= 0.3 is 0 Å². The lowest BCUT2D eigenvalue weighted by atomic mass is 10.0. The van der Waals surface area contributed by atoms with E-state index in [1.165, 1.54) is 18.6 Å². The van der Waals surface area contributed by atoms with Crippen molar-refractivity contribution in [3.8, 4) is 22.9 Å². The maximum absolute atomic E-state index is 11.9. The molecule has 36 heavy (non-hydrogen) atoms. The van der Waals surface area contributed by atoms with E-state index in [0.717, 1.165) is 30.4 Å². The van der Waals surface area contributed by atoms with Gasteiger partial charge in [0.1, 0.15) is 18.1 Å². The van der Waals surface area contributed by atoms with Gasteiger partial charge in [-0.1, -0.05) is 49.2 Å². The molecule has 0 saturated carbocycles. The molecule has 8 nitrogen and oxygen atoms in total. The van der Waals surface area contributed by atoms with Gasteiger partial charge < -0.3 is 9.84 Å². The van der Waals surface area contributed by atoms with Gasteiger partial charge in [0.2, 0.25) is 0 Å². The molecule has 0 aliphatic heterocycles. The largest absolute Gasteiger partial charge is 0.507 e. The van der Waals surface area contributed by atoms with E-state index in [1.54, 1.807) is 10.9 Å². The van der Waals surface area contributed by atoms with Gasteiger partial charge in [0.25, 0.3) is 0 Å². The molecular formula is C27H28ClN5O3. The summed E-state index contributed by atoms with van der Waals surface area (Å²) in [6, 6.07) is 13.2. The molecule has 9 heteroatoms. The molecule has 186 valence electrons. The highest BCUT2D eigenvalue weighted by molar-refractivity contribution is 6.32. The Bertz CT molecular complexity index is 1340. The zero-order valence-electron chi connectivity index (χ0n) is 20.3. The Morgan fingerprint density at radius 1 is 1.14 bits per heavy atom. The number of ketones is 1. The molecule has 0 spiro atoms. The first-order valence-corrected chi connectivity index (χ1v) is 12.3. The molecule has 0 aliphatic rings. The van der Waals surface area contributed by atoms with Crippen molar-refractivity contribution in [1.29, 1.82) is 0 Å². The summed E-state index contributed by atoms with van der Waals surface area (Å²) in [5.74, 6) is 0.759. The smallest absolute Gasteiger partial charge is 0.182 e. The van der Waals surface area contributed by atoms with E-state index < -0.39 is 0 Å². The van der Waals surface area contributed by atoms with Crippen molar-refractivity contribution in [3.05, 3.63) is 82.1 Å². The van der Waals surface area contributed by atoms with Gasteiger partial charge in [0.15, 0.2) is 11.6 Å². The van der Waals surface area contributed by atoms with Gasteiger partial charge in [-0.15, -0.1) is 5.10 Å². The SMILES string of the molecule is CCCc1c(O)c(C(C)=O)cc(Cl)c1OCc1cccc(-c2nnnn2CCCc2cccnc2)c1. The number of carbonyl (C=O) groups excluding carboxylic acids is 1. The predicted octanol–water partition coefficient (Wildman–Crippen LogP) is 5.46. The lowest BCUT2D eigenvalue weighted by Crippen LogP contribution is -2.05. The number of tetrazole rings is 1. The summed E-state index contributed by atoms with van der Waals surface area (Å²) in [4.78, 5) is 16.1. The van der Waals surface area contributed by atoms with Crippen molar-refractivity contribution in [2.45, 2.75) is 52.7 Å². The van der Waals surface area contributed by atoms with Gasteiger partial charge in [-0.2, -0.15) is 0 Å². The van der Waals surface area contributed by atoms with Crippen molar-refractivity contribution in [2.75, 3.05) is 0 Å². The van der Waals surface area contributed by atoms with Crippen LogP contribution in [0, 0.1) is 0 Å². The number of benzene rings is 2. The summed E-state index contributed by atoms with van der Waals surface area (Å²) >= 11 is 6.46. The zero-order valence-corrected chi connectivity index (χ0v) is 21.1. The predicted molar refractivity (Wildman–Crippen MR) is 137 cm³/mol. The molecule has 0 amide bonds. The van der Waals surface area contributed by atoms with Crippen LogP contribution >= 0.6 is 11.6 Å². The quantitative estimate of drug-likeness (QED) is 0.270. The summed E-state index contributed by atoms with van der Waals surface area (Å²) in [5, 5.41) is 23.2. The third-order valence-electron chi connectivity index (χ3n) is 5.84. The molecule has 0 unspecified atom stereocenters. The third-order valence-corrected chi connectivity index (χ3v) is 6.12. The van der Waals surface area contributed by atoms with Crippen molar-refractivity contribution in [2.24, 2.45) is 0 Å². The average Bonchev–Trinajstić information content (AvgIpc) is 3.35. The van der Waals surface area contributed by atoms with Crippen LogP contribution in [0.2, 0.25) is 5.02 Å². The fourth-order valence-electron chi connectivity index (χ4n) is 4.08. The van der Waals surface area contributed by atoms with Crippen LogP contribution in [0.5, 0.6) is 11.5 Å². The number of aromatic hydroxyl groups is 1. The molecule has 0 fully saturated rings. The fourth-order valence-corrected chi connectivity index (χ4v) is 4.36. The molecule has 2 aromatic heterocycles. The van der Waals surface area contributed by atoms with Crippen molar-refractivity contribution in [3.63, 3.8) is 0 Å². The second-order valence-corrected chi connectivity index (χ2v) is 8.96. The van der Waals surface area contributed by atoms with Crippen LogP contribution < -0.4 is 4.74 Å². The Morgan fingerprint density at radius 2 is 1.97 bits per heavy atom. The van der Waals surface area contributed by atoms with Crippen LogP contribution in [0.15, 0.2) is 54.9 Å². The Labute approximate surface area is 214 Å². The lowest BCUT2D eigenvalue weighted by molar-refractivity contribution is 0.101. The summed E-state index contributed by atoms with van der Waals surface area (Å²) in [7, 11) is 0. The lowest BCUT2D eigenvalue weighted by Gasteiger charge is -2.17. The maximum Gasteiger partial charge on any atom is 0.182 e. The van der Waals surface area contributed by atoms with Crippen molar-refractivity contribution >= 4 is 17.4 Å². The van der Waals surface area contributed by atoms with Gasteiger partial charge in [0.05, 0.1) is 10.6 Å². The first kappa shape index (κ1) is 25.3. The number of carbonyl (C=O) groups is 1. The third kappa shape index (κ3) is 5.88. The molecule has 0 aliphatic carbocycles. The monoisotopic (exact) mass is 505 g/mol. The van der Waals surface area contributed by atoms with Crippen molar-refractivity contribution < 1.29 is 14.6 Å². The normalized spacial score (nSPS) is 11.0. The van der Waals surface area contributed by atoms with Gasteiger partial charge in [-0.05, 0) is 65.9 Å². The first-order chi connectivity index (χ1) is 17.5. The average molecular weight is 506 g/mol. The number of hydrogen-bond donors (Lipinski definition) is 1. The van der Waals surface area contributed by atoms with E-state index in [0.29, 0.717) is 35.1 Å². The molecule has 0 saturated heterocycles. The van der Waals surface area contributed by atoms with Crippen LogP contribution in [-0.4, -0.2) is 36.1 Å². The Morgan fingerprint density at radius 3 is 2.72 bits per heavy atom. The number of hydrogen-bond acceptors (Lipinski definition) is 7. The standard InChI is InChI=1S/C27H28ClN5O3/c1-3-7-22-25(35)23(18(2)34)15-24(28)26(22)36-17-20-8-4-11-21(14-20)27-30-31-32-33(27)13-6-10-19-9-5-12-29-16-19/h4-5,8-9,11-12,14-16,35H,3,6-7,10,13,17H2,1-2H3. The van der Waals surface area contributed by atoms with E-state index in [9.17, 15) is 9.90 Å². The number of pyridine rings is 1. The number of Topliss-reactive ketones (excluding diaryl/α,β-unsaturated/α-hetero) is 1. The summed E-state index contributed by atoms with van der Waals surface area (Å²) in [6.45, 7) is 4.29. The molecule has 2 aromatic carbocycles. The van der Waals surface area contributed by atoms with Crippen molar-refractivity contribution in [1.82, 2.24) is 25.2 Å². The highest BCUT2D eigenvalue weighted by Crippen LogP contribution is 2.39. The van der Waals surface area contributed by atoms with E-state index in [-0.39, 0.29) is 23.7 Å². The van der Waals surface area contributed by atoms with Gasteiger partial charge in [-0.3, -0.25) is 9.78 Å². The topological polar surface area (TPSA) is 103 Å². The number of phenolic OH excluding ortho intramolecular Hbond substituents is 1. The molecule has 2 heterocycles.